The van der Waals surface area contributed by atoms with Gasteiger partial charge in [-0.1, -0.05) is 0 Å². The number of carbonyl (C=O) groups is 1. The van der Waals surface area contributed by atoms with E-state index < -0.39 is 0 Å². The minimum Gasteiger partial charge on any atom is -0.392 e. The zero-order valence-corrected chi connectivity index (χ0v) is 11.9. The van der Waals surface area contributed by atoms with Gasteiger partial charge in [0, 0.05) is 26.7 Å². The van der Waals surface area contributed by atoms with Crippen LogP contribution in [0, 0.1) is 5.92 Å². The van der Waals surface area contributed by atoms with Gasteiger partial charge in [-0.05, 0) is 45.7 Å². The Labute approximate surface area is 110 Å². The number of rotatable bonds is 5. The lowest BCUT2D eigenvalue weighted by Gasteiger charge is -2.34. The average Bonchev–Trinajstić information content (AvgIpc) is 2.31. The van der Waals surface area contributed by atoms with Crippen molar-refractivity contribution in [1.82, 2.24) is 15.1 Å². The predicted molar refractivity (Wildman–Crippen MR) is 72.5 cm³/mol. The molecule has 0 unspecified atom stereocenters. The third-order valence-corrected chi connectivity index (χ3v) is 3.44. The van der Waals surface area contributed by atoms with Crippen LogP contribution >= 0.6 is 0 Å². The first-order valence-electron chi connectivity index (χ1n) is 6.92. The van der Waals surface area contributed by atoms with E-state index in [0.717, 1.165) is 39.0 Å². The fraction of sp³-hybridized carbons (Fsp3) is 0.923. The lowest BCUT2D eigenvalue weighted by atomic mass is 9.96. The number of aliphatic hydroxyl groups is 1. The summed E-state index contributed by atoms with van der Waals surface area (Å²) in [7, 11) is 1.85. The first kappa shape index (κ1) is 15.2. The van der Waals surface area contributed by atoms with E-state index in [1.165, 1.54) is 0 Å². The largest absolute Gasteiger partial charge is 0.392 e. The Kier molecular flexibility index (Phi) is 6.43. The average molecular weight is 257 g/mol. The van der Waals surface area contributed by atoms with Crippen molar-refractivity contribution in [2.45, 2.75) is 32.8 Å². The molecule has 18 heavy (non-hydrogen) atoms. The highest BCUT2D eigenvalue weighted by molar-refractivity contribution is 5.73. The minimum atomic E-state index is -0.250. The van der Waals surface area contributed by atoms with E-state index in [2.05, 4.69) is 10.2 Å². The summed E-state index contributed by atoms with van der Waals surface area (Å²) in [6.07, 6.45) is 1.96. The van der Waals surface area contributed by atoms with Gasteiger partial charge in [0.05, 0.1) is 6.10 Å². The Bertz CT molecular complexity index is 251. The summed E-state index contributed by atoms with van der Waals surface area (Å²) in [6.45, 7) is 8.08. The highest BCUT2D eigenvalue weighted by atomic mass is 16.3. The molecule has 1 aliphatic heterocycles. The monoisotopic (exact) mass is 257 g/mol. The van der Waals surface area contributed by atoms with Crippen LogP contribution in [-0.2, 0) is 0 Å². The quantitative estimate of drug-likeness (QED) is 0.764. The third kappa shape index (κ3) is 5.23. The fourth-order valence-electron chi connectivity index (χ4n) is 2.48. The molecule has 0 bridgehead atoms. The number of carbonyl (C=O) groups excluding carboxylic acids is 1. The summed E-state index contributed by atoms with van der Waals surface area (Å²) >= 11 is 0. The van der Waals surface area contributed by atoms with Gasteiger partial charge in [0.25, 0.3) is 0 Å². The van der Waals surface area contributed by atoms with Gasteiger partial charge in [0.1, 0.15) is 0 Å². The molecule has 5 nitrogen and oxygen atoms in total. The van der Waals surface area contributed by atoms with Crippen LogP contribution in [0.15, 0.2) is 0 Å². The number of nitrogens with zero attached hydrogens (tertiary/aromatic N) is 2. The lowest BCUT2D eigenvalue weighted by molar-refractivity contribution is 0.0945. The molecule has 1 fully saturated rings. The highest BCUT2D eigenvalue weighted by Gasteiger charge is 2.22. The second kappa shape index (κ2) is 7.59. The molecule has 0 spiro atoms. The Balaban J connectivity index is 2.24. The summed E-state index contributed by atoms with van der Waals surface area (Å²) < 4.78 is 0. The molecule has 1 aliphatic rings. The zero-order chi connectivity index (χ0) is 13.5. The van der Waals surface area contributed by atoms with Crippen LogP contribution in [0.5, 0.6) is 0 Å². The van der Waals surface area contributed by atoms with Crippen LogP contribution in [0.2, 0.25) is 0 Å². The molecule has 5 heteroatoms. The van der Waals surface area contributed by atoms with Crippen molar-refractivity contribution in [2.75, 3.05) is 39.8 Å². The van der Waals surface area contributed by atoms with Crippen molar-refractivity contribution in [3.63, 3.8) is 0 Å². The van der Waals surface area contributed by atoms with E-state index in [4.69, 9.17) is 0 Å². The standard InChI is InChI=1S/C13H27N3O2/c1-4-14-13(18)15(3)10-12-5-7-16(8-6-12)9-11(2)17/h11-12,17H,4-10H2,1-3H3,(H,14,18)/t11-/m0/s1. The predicted octanol–water partition coefficient (Wildman–Crippen LogP) is 0.740. The SMILES string of the molecule is CCNC(=O)N(C)CC1CCN(C[C@H](C)O)CC1. The van der Waals surface area contributed by atoms with Gasteiger partial charge in [-0.2, -0.15) is 0 Å². The number of piperidine rings is 1. The zero-order valence-electron chi connectivity index (χ0n) is 11.9. The molecule has 0 radical (unpaired) electrons. The summed E-state index contributed by atoms with van der Waals surface area (Å²) in [6, 6.07) is 0.0175. The molecular formula is C13H27N3O2. The molecule has 2 amide bonds. The number of nitrogens with one attached hydrogen (secondary N) is 1. The van der Waals surface area contributed by atoms with E-state index in [9.17, 15) is 9.90 Å². The van der Waals surface area contributed by atoms with E-state index in [-0.39, 0.29) is 12.1 Å². The maximum atomic E-state index is 11.6. The molecule has 106 valence electrons. The van der Waals surface area contributed by atoms with Crippen LogP contribution < -0.4 is 5.32 Å². The maximum absolute atomic E-state index is 11.6. The van der Waals surface area contributed by atoms with Crippen LogP contribution in [0.4, 0.5) is 4.79 Å². The van der Waals surface area contributed by atoms with Crippen molar-refractivity contribution in [3.05, 3.63) is 0 Å². The molecule has 0 aromatic heterocycles. The topological polar surface area (TPSA) is 55.8 Å². The number of urea groups is 1. The van der Waals surface area contributed by atoms with Crippen LogP contribution in [-0.4, -0.2) is 66.8 Å². The van der Waals surface area contributed by atoms with Crippen LogP contribution in [0.3, 0.4) is 0 Å². The van der Waals surface area contributed by atoms with Crippen molar-refractivity contribution in [3.8, 4) is 0 Å². The van der Waals surface area contributed by atoms with Gasteiger partial charge in [0.15, 0.2) is 0 Å². The molecule has 0 aromatic rings. The third-order valence-electron chi connectivity index (χ3n) is 3.44. The van der Waals surface area contributed by atoms with Crippen molar-refractivity contribution >= 4 is 6.03 Å². The molecule has 0 aromatic carbocycles. The van der Waals surface area contributed by atoms with Gasteiger partial charge < -0.3 is 20.2 Å². The van der Waals surface area contributed by atoms with E-state index >= 15 is 0 Å². The highest BCUT2D eigenvalue weighted by Crippen LogP contribution is 2.18. The molecule has 1 saturated heterocycles. The molecular weight excluding hydrogens is 230 g/mol. The van der Waals surface area contributed by atoms with Gasteiger partial charge in [-0.3, -0.25) is 0 Å². The smallest absolute Gasteiger partial charge is 0.317 e. The van der Waals surface area contributed by atoms with Gasteiger partial charge in [0.2, 0.25) is 0 Å². The summed E-state index contributed by atoms with van der Waals surface area (Å²) in [5.41, 5.74) is 0. The normalized spacial score (nSPS) is 19.6. The first-order valence-corrected chi connectivity index (χ1v) is 6.92. The maximum Gasteiger partial charge on any atom is 0.317 e. The number of aliphatic hydroxyl groups excluding tert-OH is 1. The second-order valence-electron chi connectivity index (χ2n) is 5.31. The van der Waals surface area contributed by atoms with E-state index in [1.807, 2.05) is 20.9 Å². The Morgan fingerprint density at radius 3 is 2.61 bits per heavy atom. The Morgan fingerprint density at radius 2 is 2.11 bits per heavy atom. The van der Waals surface area contributed by atoms with E-state index in [1.54, 1.807) is 4.90 Å². The molecule has 2 N–H and O–H groups in total. The molecule has 1 atom stereocenters. The Morgan fingerprint density at radius 1 is 1.50 bits per heavy atom. The summed E-state index contributed by atoms with van der Waals surface area (Å²) in [5.74, 6) is 0.586. The minimum absolute atomic E-state index is 0.0175. The van der Waals surface area contributed by atoms with Crippen molar-refractivity contribution < 1.29 is 9.90 Å². The first-order chi connectivity index (χ1) is 8.52. The number of hydrogen-bond donors (Lipinski definition) is 2. The second-order valence-corrected chi connectivity index (χ2v) is 5.31. The fourth-order valence-corrected chi connectivity index (χ4v) is 2.48. The van der Waals surface area contributed by atoms with Gasteiger partial charge in [-0.25, -0.2) is 4.79 Å². The lowest BCUT2D eigenvalue weighted by Crippen LogP contribution is -2.44. The van der Waals surface area contributed by atoms with Crippen LogP contribution in [0.1, 0.15) is 26.7 Å². The molecule has 1 rings (SSSR count). The van der Waals surface area contributed by atoms with Crippen molar-refractivity contribution in [1.29, 1.82) is 0 Å². The Hall–Kier alpha value is -0.810. The number of hydrogen-bond acceptors (Lipinski definition) is 3. The molecule has 0 saturated carbocycles. The number of amides is 2. The van der Waals surface area contributed by atoms with Crippen molar-refractivity contribution in [2.24, 2.45) is 5.92 Å². The van der Waals surface area contributed by atoms with Crippen LogP contribution in [0.25, 0.3) is 0 Å². The van der Waals surface area contributed by atoms with Gasteiger partial charge in [-0.15, -0.1) is 0 Å². The number of β-amino-alcohol motifs (C(OH)–C–C–N with tert-alkyl or cyclic N) is 1. The number of likely N-dealkylation sites (tertiary alicyclic amines) is 1. The summed E-state index contributed by atoms with van der Waals surface area (Å²) in [5, 5.41) is 12.2. The van der Waals surface area contributed by atoms with Gasteiger partial charge >= 0.3 is 6.03 Å². The molecule has 1 heterocycles. The molecule has 0 aliphatic carbocycles. The summed E-state index contributed by atoms with van der Waals surface area (Å²) in [4.78, 5) is 15.7. The van der Waals surface area contributed by atoms with E-state index in [0.29, 0.717) is 12.5 Å².